The van der Waals surface area contributed by atoms with Gasteiger partial charge in [0.15, 0.2) is 11.5 Å². The lowest BCUT2D eigenvalue weighted by Gasteiger charge is -2.24. The van der Waals surface area contributed by atoms with Gasteiger partial charge in [0.2, 0.25) is 15.9 Å². The van der Waals surface area contributed by atoms with E-state index in [1.807, 2.05) is 30.3 Å². The van der Waals surface area contributed by atoms with Gasteiger partial charge in [0.05, 0.1) is 11.4 Å². The molecule has 0 fully saturated rings. The molecular formula is C19H22N2O5S. The molecule has 7 nitrogen and oxygen atoms in total. The van der Waals surface area contributed by atoms with Gasteiger partial charge in [-0.05, 0) is 17.7 Å². The molecule has 0 bridgehead atoms. The van der Waals surface area contributed by atoms with Gasteiger partial charge in [0.25, 0.3) is 0 Å². The number of likely N-dealkylation sites (N-methyl/N-ethyl adjacent to an activating group) is 1. The van der Waals surface area contributed by atoms with Crippen molar-refractivity contribution in [3.05, 3.63) is 54.1 Å². The van der Waals surface area contributed by atoms with E-state index in [2.05, 4.69) is 0 Å². The maximum atomic E-state index is 13.2. The molecule has 0 aliphatic carbocycles. The van der Waals surface area contributed by atoms with Crippen LogP contribution in [0.2, 0.25) is 0 Å². The Labute approximate surface area is 159 Å². The predicted octanol–water partition coefficient (Wildman–Crippen LogP) is 1.74. The Kier molecular flexibility index (Phi) is 5.67. The van der Waals surface area contributed by atoms with Crippen LogP contribution in [0.3, 0.4) is 0 Å². The van der Waals surface area contributed by atoms with Crippen molar-refractivity contribution >= 4 is 15.9 Å². The van der Waals surface area contributed by atoms with Crippen LogP contribution in [0.15, 0.2) is 53.4 Å². The van der Waals surface area contributed by atoms with Crippen LogP contribution in [0, 0.1) is 0 Å². The topological polar surface area (TPSA) is 76.2 Å². The van der Waals surface area contributed by atoms with Crippen LogP contribution in [0.4, 0.5) is 0 Å². The first-order valence-electron chi connectivity index (χ1n) is 8.52. The van der Waals surface area contributed by atoms with Gasteiger partial charge in [-0.3, -0.25) is 4.79 Å². The third kappa shape index (κ3) is 4.40. The zero-order valence-electron chi connectivity index (χ0n) is 15.3. The van der Waals surface area contributed by atoms with Crippen molar-refractivity contribution in [1.29, 1.82) is 0 Å². The zero-order valence-corrected chi connectivity index (χ0v) is 16.1. The maximum absolute atomic E-state index is 13.2. The van der Waals surface area contributed by atoms with Gasteiger partial charge in [-0.25, -0.2) is 8.42 Å². The molecule has 0 saturated carbocycles. The highest BCUT2D eigenvalue weighted by atomic mass is 32.2. The highest BCUT2D eigenvalue weighted by Crippen LogP contribution is 2.33. The summed E-state index contributed by atoms with van der Waals surface area (Å²) in [5.41, 5.74) is 0.796. The van der Waals surface area contributed by atoms with Crippen LogP contribution < -0.4 is 9.47 Å². The van der Waals surface area contributed by atoms with Gasteiger partial charge in [0.1, 0.15) is 13.2 Å². The smallest absolute Gasteiger partial charge is 0.243 e. The lowest BCUT2D eigenvalue weighted by atomic mass is 10.2. The highest BCUT2D eigenvalue weighted by Gasteiger charge is 2.29. The Morgan fingerprint density at radius 2 is 1.67 bits per heavy atom. The van der Waals surface area contributed by atoms with Crippen LogP contribution in [0.5, 0.6) is 11.5 Å². The molecule has 1 aliphatic rings. The molecule has 0 atom stereocenters. The van der Waals surface area contributed by atoms with E-state index in [1.165, 1.54) is 21.3 Å². The zero-order chi connectivity index (χ0) is 19.4. The van der Waals surface area contributed by atoms with Crippen LogP contribution >= 0.6 is 0 Å². The molecule has 0 radical (unpaired) electrons. The van der Waals surface area contributed by atoms with Crippen molar-refractivity contribution in [1.82, 2.24) is 9.21 Å². The van der Waals surface area contributed by atoms with Crippen LogP contribution in [-0.2, 0) is 21.4 Å². The summed E-state index contributed by atoms with van der Waals surface area (Å²) >= 11 is 0. The number of nitrogens with zero attached hydrogens (tertiary/aromatic N) is 2. The monoisotopic (exact) mass is 390 g/mol. The van der Waals surface area contributed by atoms with Gasteiger partial charge in [0, 0.05) is 26.7 Å². The van der Waals surface area contributed by atoms with E-state index in [1.54, 1.807) is 20.2 Å². The molecule has 0 N–H and O–H groups in total. The summed E-state index contributed by atoms with van der Waals surface area (Å²) in [4.78, 5) is 13.7. The lowest BCUT2D eigenvalue weighted by molar-refractivity contribution is -0.128. The van der Waals surface area contributed by atoms with E-state index in [0.717, 1.165) is 5.56 Å². The first kappa shape index (κ1) is 19.2. The molecule has 0 spiro atoms. The van der Waals surface area contributed by atoms with Crippen molar-refractivity contribution in [2.24, 2.45) is 0 Å². The third-order valence-electron chi connectivity index (χ3n) is 4.16. The lowest BCUT2D eigenvalue weighted by Crippen LogP contribution is -2.39. The number of benzene rings is 2. The minimum atomic E-state index is -3.91. The molecule has 2 aromatic carbocycles. The van der Waals surface area contributed by atoms with Gasteiger partial charge in [-0.2, -0.15) is 4.31 Å². The van der Waals surface area contributed by atoms with Crippen LogP contribution in [0.1, 0.15) is 5.56 Å². The molecule has 3 rings (SSSR count). The van der Waals surface area contributed by atoms with E-state index in [9.17, 15) is 13.2 Å². The summed E-state index contributed by atoms with van der Waals surface area (Å²) in [7, 11) is -0.717. The number of hydrogen-bond donors (Lipinski definition) is 0. The molecule has 0 saturated heterocycles. The maximum Gasteiger partial charge on any atom is 0.243 e. The van der Waals surface area contributed by atoms with Crippen LogP contribution in [-0.4, -0.2) is 57.4 Å². The molecule has 27 heavy (non-hydrogen) atoms. The Bertz CT molecular complexity index is 913. The summed E-state index contributed by atoms with van der Waals surface area (Å²) in [5, 5.41) is 0. The fraction of sp³-hybridized carbons (Fsp3) is 0.316. The fourth-order valence-corrected chi connectivity index (χ4v) is 4.03. The third-order valence-corrected chi connectivity index (χ3v) is 5.95. The number of sulfonamides is 1. The Morgan fingerprint density at radius 3 is 2.33 bits per heavy atom. The van der Waals surface area contributed by atoms with Gasteiger partial charge < -0.3 is 14.4 Å². The van der Waals surface area contributed by atoms with E-state index in [0.29, 0.717) is 24.7 Å². The van der Waals surface area contributed by atoms with Gasteiger partial charge >= 0.3 is 0 Å². The standard InChI is InChI=1S/C19H22N2O5S/c1-20(2)19(22)14-21(13-15-6-4-3-5-7-15)27(23,24)16-8-9-17-18(12-16)26-11-10-25-17/h3-9,12H,10-11,13-14H2,1-2H3. The molecule has 0 unspecified atom stereocenters. The van der Waals surface area contributed by atoms with Crippen molar-refractivity contribution in [3.8, 4) is 11.5 Å². The second-order valence-electron chi connectivity index (χ2n) is 6.35. The van der Waals surface area contributed by atoms with Crippen molar-refractivity contribution in [2.75, 3.05) is 33.9 Å². The Morgan fingerprint density at radius 1 is 1.00 bits per heavy atom. The summed E-state index contributed by atoms with van der Waals surface area (Å²) < 4.78 is 38.6. The summed E-state index contributed by atoms with van der Waals surface area (Å²) in [6.45, 7) is 0.635. The molecule has 8 heteroatoms. The number of carbonyl (C=O) groups is 1. The van der Waals surface area contributed by atoms with Crippen molar-refractivity contribution in [2.45, 2.75) is 11.4 Å². The number of fused-ring (bicyclic) bond motifs is 1. The molecule has 1 amide bonds. The first-order chi connectivity index (χ1) is 12.9. The molecule has 1 aliphatic heterocycles. The predicted molar refractivity (Wildman–Crippen MR) is 100 cm³/mol. The summed E-state index contributed by atoms with van der Waals surface area (Å²) in [6.07, 6.45) is 0. The molecule has 1 heterocycles. The van der Waals surface area contributed by atoms with E-state index in [-0.39, 0.29) is 23.9 Å². The summed E-state index contributed by atoms with van der Waals surface area (Å²) in [6, 6.07) is 13.7. The second kappa shape index (κ2) is 7.98. The number of amides is 1. The summed E-state index contributed by atoms with van der Waals surface area (Å²) in [5.74, 6) is 0.604. The molecule has 144 valence electrons. The molecule has 0 aromatic heterocycles. The molecule has 2 aromatic rings. The molecular weight excluding hydrogens is 368 g/mol. The number of hydrogen-bond acceptors (Lipinski definition) is 5. The number of carbonyl (C=O) groups excluding carboxylic acids is 1. The normalized spacial score (nSPS) is 13.4. The largest absolute Gasteiger partial charge is 0.486 e. The number of ether oxygens (including phenoxy) is 2. The Balaban J connectivity index is 1.94. The van der Waals surface area contributed by atoms with E-state index in [4.69, 9.17) is 9.47 Å². The fourth-order valence-electron chi connectivity index (χ4n) is 2.64. The Hall–Kier alpha value is -2.58. The van der Waals surface area contributed by atoms with Crippen molar-refractivity contribution in [3.63, 3.8) is 0 Å². The highest BCUT2D eigenvalue weighted by molar-refractivity contribution is 7.89. The first-order valence-corrected chi connectivity index (χ1v) is 9.96. The average molecular weight is 390 g/mol. The minimum Gasteiger partial charge on any atom is -0.486 e. The number of rotatable bonds is 6. The quantitative estimate of drug-likeness (QED) is 0.751. The van der Waals surface area contributed by atoms with Crippen LogP contribution in [0.25, 0.3) is 0 Å². The average Bonchev–Trinajstić information content (AvgIpc) is 2.67. The van der Waals surface area contributed by atoms with Gasteiger partial charge in [-0.1, -0.05) is 30.3 Å². The SMILES string of the molecule is CN(C)C(=O)CN(Cc1ccccc1)S(=O)(=O)c1ccc2c(c1)OCCO2. The van der Waals surface area contributed by atoms with Gasteiger partial charge in [-0.15, -0.1) is 0 Å². The van der Waals surface area contributed by atoms with E-state index < -0.39 is 10.0 Å². The van der Waals surface area contributed by atoms with E-state index >= 15 is 0 Å². The second-order valence-corrected chi connectivity index (χ2v) is 8.29. The minimum absolute atomic E-state index is 0.0641. The van der Waals surface area contributed by atoms with Crippen molar-refractivity contribution < 1.29 is 22.7 Å².